The summed E-state index contributed by atoms with van der Waals surface area (Å²) in [6, 6.07) is -9.13. The number of hydrogen-bond acceptors (Lipinski definition) is 18. The van der Waals surface area contributed by atoms with Crippen molar-refractivity contribution in [2.45, 2.75) is 132 Å². The molecule has 0 aromatic carbocycles. The highest BCUT2D eigenvalue weighted by Crippen LogP contribution is 2.08. The summed E-state index contributed by atoms with van der Waals surface area (Å²) >= 11 is 0. The summed E-state index contributed by atoms with van der Waals surface area (Å²) in [6.45, 7) is -1.75. The second-order valence-electron chi connectivity index (χ2n) is 19.8. The van der Waals surface area contributed by atoms with Gasteiger partial charge in [0.05, 0.1) is 25.7 Å². The first-order chi connectivity index (χ1) is 42.4. The number of amides is 10. The van der Waals surface area contributed by atoms with Crippen LogP contribution in [-0.4, -0.2) is 209 Å². The van der Waals surface area contributed by atoms with E-state index in [0.717, 1.165) is 0 Å². The maximum atomic E-state index is 14.1. The smallest absolute Gasteiger partial charge is 0.243 e. The molecule has 0 rings (SSSR count). The van der Waals surface area contributed by atoms with Gasteiger partial charge in [-0.1, -0.05) is 0 Å². The van der Waals surface area contributed by atoms with Gasteiger partial charge in [-0.3, -0.25) is 82.9 Å². The molecular weight excluding hydrogens is 1180 g/mol. The molecule has 0 fully saturated rings. The molecular formula is C48H96N32O10. The van der Waals surface area contributed by atoms with Crippen molar-refractivity contribution in [1.29, 1.82) is 0 Å². The quantitative estimate of drug-likeness (QED) is 0.0153. The van der Waals surface area contributed by atoms with Crippen LogP contribution in [0.3, 0.4) is 0 Å². The van der Waals surface area contributed by atoms with Crippen LogP contribution in [-0.2, 0) is 47.9 Å². The third-order valence-electron chi connectivity index (χ3n) is 12.1. The third kappa shape index (κ3) is 40.8. The summed E-state index contributed by atoms with van der Waals surface area (Å²) in [5.74, 6) is -10.2. The Morgan fingerprint density at radius 3 is 0.689 bits per heavy atom. The van der Waals surface area contributed by atoms with Gasteiger partial charge in [0.25, 0.3) is 0 Å². The maximum absolute atomic E-state index is 14.1. The van der Waals surface area contributed by atoms with Crippen LogP contribution in [0, 0.1) is 0 Å². The fraction of sp³-hybridized carbons (Fsp3) is 0.646. The molecule has 0 aromatic heterocycles. The normalized spacial score (nSPS) is 12.8. The fourth-order valence-electron chi connectivity index (χ4n) is 7.73. The molecule has 0 aliphatic heterocycles. The van der Waals surface area contributed by atoms with E-state index < -0.39 is 121 Å². The van der Waals surface area contributed by atoms with E-state index in [4.69, 9.17) is 91.7 Å². The van der Waals surface area contributed by atoms with Crippen LogP contribution >= 0.6 is 0 Å². The summed E-state index contributed by atoms with van der Waals surface area (Å²) in [6.07, 6.45) is 0.868. The number of primary amides is 1. The van der Waals surface area contributed by atoms with Crippen LogP contribution in [0.2, 0.25) is 0 Å². The molecule has 0 aliphatic rings. The van der Waals surface area contributed by atoms with Crippen LogP contribution < -0.4 is 140 Å². The molecule has 0 spiro atoms. The molecule has 7 atom stereocenters. The first kappa shape index (κ1) is 79.5. The third-order valence-corrected chi connectivity index (χ3v) is 12.1. The minimum atomic E-state index is -1.44. The van der Waals surface area contributed by atoms with Crippen molar-refractivity contribution in [2.75, 3.05) is 65.4 Å². The van der Waals surface area contributed by atoms with Crippen LogP contribution in [0.25, 0.3) is 0 Å². The van der Waals surface area contributed by atoms with E-state index in [1.807, 2.05) is 0 Å². The van der Waals surface area contributed by atoms with Gasteiger partial charge in [0.1, 0.15) is 36.3 Å². The van der Waals surface area contributed by atoms with E-state index in [2.05, 4.69) is 82.8 Å². The Hall–Kier alpha value is -10.4. The van der Waals surface area contributed by atoms with Gasteiger partial charge < -0.3 is 140 Å². The molecule has 0 saturated carbocycles. The summed E-state index contributed by atoms with van der Waals surface area (Å²) < 4.78 is 0. The number of aliphatic imine (C=N–C) groups is 7. The number of nitrogens with zero attached hydrogens (tertiary/aromatic N) is 7. The lowest BCUT2D eigenvalue weighted by atomic mass is 10.1. The molecule has 0 aromatic rings. The average Bonchev–Trinajstić information content (AvgIpc) is 2.29. The lowest BCUT2D eigenvalue weighted by molar-refractivity contribution is -0.134. The number of hydrogen-bond donors (Lipinski definition) is 25. The van der Waals surface area contributed by atoms with E-state index in [0.29, 0.717) is 6.42 Å². The van der Waals surface area contributed by atoms with Crippen LogP contribution in [0.15, 0.2) is 34.9 Å². The Balaban J connectivity index is 6.62. The minimum absolute atomic E-state index is 0.00151. The highest BCUT2D eigenvalue weighted by Gasteiger charge is 2.31. The van der Waals surface area contributed by atoms with Gasteiger partial charge in [0.2, 0.25) is 59.1 Å². The Morgan fingerprint density at radius 2 is 0.456 bits per heavy atom. The van der Waals surface area contributed by atoms with Gasteiger partial charge in [-0.15, -0.1) is 0 Å². The molecule has 508 valence electrons. The van der Waals surface area contributed by atoms with Crippen molar-refractivity contribution >= 4 is 101 Å². The number of rotatable bonds is 47. The molecule has 0 radical (unpaired) electrons. The fourth-order valence-corrected chi connectivity index (χ4v) is 7.73. The van der Waals surface area contributed by atoms with Gasteiger partial charge in [0.15, 0.2) is 41.7 Å². The number of carbonyl (C=O) groups excluding carboxylic acids is 10. The zero-order chi connectivity index (χ0) is 68.1. The van der Waals surface area contributed by atoms with Gasteiger partial charge in [0, 0.05) is 45.8 Å². The van der Waals surface area contributed by atoms with E-state index in [9.17, 15) is 47.9 Å². The van der Waals surface area contributed by atoms with Gasteiger partial charge in [-0.05, 0) is 89.9 Å². The summed E-state index contributed by atoms with van der Waals surface area (Å²) in [5.41, 5.74) is 87.5. The van der Waals surface area contributed by atoms with Gasteiger partial charge in [-0.25, -0.2) is 0 Å². The van der Waals surface area contributed by atoms with E-state index >= 15 is 0 Å². The number of carbonyl (C=O) groups is 10. The topological polar surface area (TPSA) is 782 Å². The minimum Gasteiger partial charge on any atom is -0.370 e. The van der Waals surface area contributed by atoms with Crippen molar-refractivity contribution in [3.8, 4) is 0 Å². The molecule has 90 heavy (non-hydrogen) atoms. The molecule has 41 N–H and O–H groups in total. The summed E-state index contributed by atoms with van der Waals surface area (Å²) in [7, 11) is 0. The first-order valence-electron chi connectivity index (χ1n) is 28.5. The lowest BCUT2D eigenvalue weighted by Crippen LogP contribution is -2.57. The predicted octanol–water partition coefficient (Wildman–Crippen LogP) is -13.6. The van der Waals surface area contributed by atoms with Crippen LogP contribution in [0.1, 0.15) is 89.9 Å². The first-order valence-corrected chi connectivity index (χ1v) is 28.5. The van der Waals surface area contributed by atoms with Crippen molar-refractivity contribution in [1.82, 2.24) is 47.9 Å². The largest absolute Gasteiger partial charge is 0.370 e. The number of nitrogens with two attached hydrogens (primary N) is 16. The zero-order valence-corrected chi connectivity index (χ0v) is 50.5. The van der Waals surface area contributed by atoms with Gasteiger partial charge in [-0.2, -0.15) is 0 Å². The van der Waals surface area contributed by atoms with E-state index in [1.54, 1.807) is 0 Å². The van der Waals surface area contributed by atoms with E-state index in [-0.39, 0.29) is 171 Å². The second-order valence-corrected chi connectivity index (χ2v) is 19.8. The molecule has 42 heteroatoms. The number of nitrogens with one attached hydrogen (secondary N) is 9. The van der Waals surface area contributed by atoms with Gasteiger partial charge >= 0.3 is 0 Å². The van der Waals surface area contributed by atoms with Crippen molar-refractivity contribution in [3.05, 3.63) is 0 Å². The predicted molar refractivity (Wildman–Crippen MR) is 337 cm³/mol. The molecule has 0 bridgehead atoms. The molecule has 0 aliphatic carbocycles. The Kier molecular flexibility index (Phi) is 40.5. The molecule has 0 saturated heterocycles. The Bertz CT molecular complexity index is 2530. The van der Waals surface area contributed by atoms with E-state index in [1.165, 1.54) is 0 Å². The molecule has 10 amide bonds. The SMILES string of the molecule is NC(=O)[C@H](CCCN=C(N)N)NC(=O)[C@H](CCCN=C(N)N)NC(=O)CNC(=O)[C@H](CCCN=C(N)N)NC(=O)[C@H](CCCN=C(N)N)NC(=O)CNC(=O)[C@H](CCCN=C(N)N)NC(=O)[C@H](CCCN=C(N)N)NC(=O)CNC(=O)[C@@H](N)CCCN=C(N)N. The van der Waals surface area contributed by atoms with Crippen molar-refractivity contribution in [3.63, 3.8) is 0 Å². The lowest BCUT2D eigenvalue weighted by Gasteiger charge is -2.24. The van der Waals surface area contributed by atoms with Crippen LogP contribution in [0.4, 0.5) is 0 Å². The highest BCUT2D eigenvalue weighted by atomic mass is 16.2. The zero-order valence-electron chi connectivity index (χ0n) is 50.5. The van der Waals surface area contributed by atoms with Crippen molar-refractivity contribution < 1.29 is 47.9 Å². The maximum Gasteiger partial charge on any atom is 0.243 e. The second kappa shape index (κ2) is 45.8. The van der Waals surface area contributed by atoms with Crippen molar-refractivity contribution in [2.24, 2.45) is 127 Å². The Labute approximate surface area is 519 Å². The summed E-state index contributed by atoms with van der Waals surface area (Å²) in [4.78, 5) is 162. The standard InChI is InChI=1S/C48H96N32O10/c49-25(8-1-15-65-42(51)52)36(85)72-22-32(81)76-30(13-6-20-70-47(61)62)40(89)79-27(10-3-17-67-44(55)56)38(87)74-24-34(83)77-31(14-7-21-71-48(63)64)41(90)80-28(11-4-18-68-45(57)58)37(86)73-23-33(82)75-29(12-5-19-69-46(59)60)39(88)78-26(35(50)84)9-2-16-66-43(53)54/h25-31H,1-24,49H2,(H2,50,84)(H,72,85)(H,73,86)(H,74,87)(H,75,82)(H,76,81)(H,77,83)(H,78,88)(H,79,89)(H,80,90)(H4,51,52,65)(H4,53,54,66)(H4,55,56,67)(H4,57,58,68)(H4,59,60,69)(H4,61,62,70)(H4,63,64,71)/t25-,26-,27-,28-,29-,30-,31-/m0/s1. The van der Waals surface area contributed by atoms with Crippen LogP contribution in [0.5, 0.6) is 0 Å². The number of guanidine groups is 7. The molecule has 0 heterocycles. The Morgan fingerprint density at radius 1 is 0.256 bits per heavy atom. The molecule has 0 unspecified atom stereocenters. The monoisotopic (exact) mass is 1280 g/mol. The highest BCUT2D eigenvalue weighted by molar-refractivity contribution is 5.97. The summed E-state index contributed by atoms with van der Waals surface area (Å²) in [5, 5.41) is 22.4. The molecule has 42 nitrogen and oxygen atoms in total. The average molecular weight is 1280 g/mol.